The molecule has 2 aliphatic rings. The fraction of sp³-hybridized carbons (Fsp3) is 0.333. The molecular weight excluding hydrogens is 468 g/mol. The summed E-state index contributed by atoms with van der Waals surface area (Å²) in [5.74, 6) is 0.906. The Morgan fingerprint density at radius 2 is 1.95 bits per heavy atom. The van der Waals surface area contributed by atoms with Crippen molar-refractivity contribution in [1.82, 2.24) is 29.6 Å². The lowest BCUT2D eigenvalue weighted by Gasteiger charge is -2.29. The maximum atomic E-state index is 13.2. The van der Waals surface area contributed by atoms with Gasteiger partial charge >= 0.3 is 0 Å². The number of allylic oxidation sites excluding steroid dienone is 1. The third-order valence-corrected chi connectivity index (χ3v) is 7.04. The highest BCUT2D eigenvalue weighted by Gasteiger charge is 2.23. The van der Waals surface area contributed by atoms with Crippen molar-refractivity contribution >= 4 is 28.4 Å². The molecule has 1 saturated heterocycles. The third kappa shape index (κ3) is 4.38. The van der Waals surface area contributed by atoms with E-state index in [9.17, 15) is 9.90 Å². The van der Waals surface area contributed by atoms with Gasteiger partial charge < -0.3 is 20.6 Å². The van der Waals surface area contributed by atoms with E-state index in [0.29, 0.717) is 34.9 Å². The molecule has 0 saturated carbocycles. The number of benzene rings is 1. The molecule has 1 unspecified atom stereocenters. The van der Waals surface area contributed by atoms with Gasteiger partial charge in [0.05, 0.1) is 18.3 Å². The van der Waals surface area contributed by atoms with Crippen LogP contribution >= 0.6 is 0 Å². The molecule has 0 amide bonds. The monoisotopic (exact) mass is 498 g/mol. The zero-order valence-corrected chi connectivity index (χ0v) is 20.6. The van der Waals surface area contributed by atoms with E-state index >= 15 is 0 Å². The minimum Gasteiger partial charge on any atom is -0.387 e. The summed E-state index contributed by atoms with van der Waals surface area (Å²) >= 11 is 0. The van der Waals surface area contributed by atoms with Crippen molar-refractivity contribution in [2.24, 2.45) is 0 Å². The lowest BCUT2D eigenvalue weighted by atomic mass is 9.94. The normalized spacial score (nSPS) is 17.5. The predicted molar refractivity (Wildman–Crippen MR) is 144 cm³/mol. The van der Waals surface area contributed by atoms with Gasteiger partial charge in [-0.1, -0.05) is 12.1 Å². The summed E-state index contributed by atoms with van der Waals surface area (Å²) in [5.41, 5.74) is 3.96. The average molecular weight is 499 g/mol. The molecule has 0 radical (unpaired) electrons. The predicted octanol–water partition coefficient (Wildman–Crippen LogP) is 2.69. The lowest BCUT2D eigenvalue weighted by molar-refractivity contribution is 0.151. The van der Waals surface area contributed by atoms with Gasteiger partial charge in [-0.2, -0.15) is 4.98 Å². The van der Waals surface area contributed by atoms with Crippen LogP contribution in [-0.4, -0.2) is 55.6 Å². The van der Waals surface area contributed by atoms with Crippen LogP contribution in [0, 0.1) is 0 Å². The molecule has 1 aliphatic heterocycles. The summed E-state index contributed by atoms with van der Waals surface area (Å²) in [4.78, 5) is 29.5. The van der Waals surface area contributed by atoms with Gasteiger partial charge in [0.25, 0.3) is 5.56 Å². The maximum Gasteiger partial charge on any atom is 0.278 e. The van der Waals surface area contributed by atoms with Crippen LogP contribution in [0.5, 0.6) is 0 Å². The molecule has 10 heteroatoms. The number of nitrogens with one attached hydrogen (secondary N) is 2. The van der Waals surface area contributed by atoms with Crippen LogP contribution in [0.15, 0.2) is 60.0 Å². The Balaban J connectivity index is 1.37. The number of hydrogen-bond donors (Lipinski definition) is 3. The molecule has 3 aromatic heterocycles. The Morgan fingerprint density at radius 3 is 2.73 bits per heavy atom. The van der Waals surface area contributed by atoms with Crippen LogP contribution in [0.2, 0.25) is 0 Å². The number of anilines is 3. The van der Waals surface area contributed by atoms with Crippen molar-refractivity contribution in [3.05, 3.63) is 76.9 Å². The number of fused-ring (bicyclic) bond motifs is 2. The number of rotatable bonds is 6. The van der Waals surface area contributed by atoms with Crippen molar-refractivity contribution in [3.8, 4) is 5.82 Å². The van der Waals surface area contributed by atoms with E-state index in [4.69, 9.17) is 9.97 Å². The molecule has 3 N–H and O–H groups in total. The molecule has 4 aromatic rings. The molecule has 37 heavy (non-hydrogen) atoms. The SMILES string of the molecule is C=CCn1c(=O)c2cnc(Nc3ccc(N4CCNCC4)cc3)nc2n1-c1ccc2c(n1)C(O)CCC2. The Morgan fingerprint density at radius 1 is 1.14 bits per heavy atom. The number of piperazine rings is 1. The second-order valence-electron chi connectivity index (χ2n) is 9.45. The van der Waals surface area contributed by atoms with Gasteiger partial charge in [0, 0.05) is 43.8 Å². The number of aliphatic hydroxyl groups is 1. The Labute approximate surface area is 214 Å². The first-order valence-electron chi connectivity index (χ1n) is 12.7. The van der Waals surface area contributed by atoms with E-state index in [0.717, 1.165) is 50.3 Å². The van der Waals surface area contributed by atoms with Crippen LogP contribution in [0.3, 0.4) is 0 Å². The second-order valence-corrected chi connectivity index (χ2v) is 9.45. The molecule has 1 atom stereocenters. The fourth-order valence-corrected chi connectivity index (χ4v) is 5.15. The third-order valence-electron chi connectivity index (χ3n) is 7.04. The zero-order valence-electron chi connectivity index (χ0n) is 20.6. The van der Waals surface area contributed by atoms with Gasteiger partial charge in [0.15, 0.2) is 11.5 Å². The van der Waals surface area contributed by atoms with Gasteiger partial charge in [-0.05, 0) is 55.2 Å². The van der Waals surface area contributed by atoms with Crippen molar-refractivity contribution in [1.29, 1.82) is 0 Å². The molecule has 1 fully saturated rings. The van der Waals surface area contributed by atoms with E-state index in [1.807, 2.05) is 24.3 Å². The lowest BCUT2D eigenvalue weighted by Crippen LogP contribution is -2.43. The van der Waals surface area contributed by atoms with Crippen LogP contribution in [-0.2, 0) is 13.0 Å². The number of hydrogen-bond acceptors (Lipinski definition) is 8. The van der Waals surface area contributed by atoms with Gasteiger partial charge in [0.1, 0.15) is 5.39 Å². The first kappa shape index (κ1) is 23.4. The number of aliphatic hydroxyl groups excluding tert-OH is 1. The Bertz CT molecular complexity index is 1500. The molecular formula is C27H30N8O2. The molecule has 10 nitrogen and oxygen atoms in total. The minimum atomic E-state index is -0.610. The Hall–Kier alpha value is -4.02. The quantitative estimate of drug-likeness (QED) is 0.348. The number of aryl methyl sites for hydroxylation is 1. The second kappa shape index (κ2) is 9.79. The van der Waals surface area contributed by atoms with Gasteiger partial charge in [-0.3, -0.25) is 4.79 Å². The van der Waals surface area contributed by atoms with Gasteiger partial charge in [-0.25, -0.2) is 19.3 Å². The topological polar surface area (TPSA) is 113 Å². The van der Waals surface area contributed by atoms with E-state index in [-0.39, 0.29) is 12.1 Å². The highest BCUT2D eigenvalue weighted by molar-refractivity contribution is 5.77. The average Bonchev–Trinajstić information content (AvgIpc) is 3.20. The van der Waals surface area contributed by atoms with Crippen molar-refractivity contribution in [2.45, 2.75) is 31.9 Å². The summed E-state index contributed by atoms with van der Waals surface area (Å²) in [6.45, 7) is 8.04. The van der Waals surface area contributed by atoms with Crippen molar-refractivity contribution in [2.75, 3.05) is 36.4 Å². The summed E-state index contributed by atoms with van der Waals surface area (Å²) in [7, 11) is 0. The fourth-order valence-electron chi connectivity index (χ4n) is 5.15. The van der Waals surface area contributed by atoms with Crippen molar-refractivity contribution < 1.29 is 5.11 Å². The molecule has 0 bridgehead atoms. The highest BCUT2D eigenvalue weighted by atomic mass is 16.3. The van der Waals surface area contributed by atoms with E-state index < -0.39 is 6.10 Å². The zero-order chi connectivity index (χ0) is 25.4. The van der Waals surface area contributed by atoms with E-state index in [1.165, 1.54) is 5.69 Å². The summed E-state index contributed by atoms with van der Waals surface area (Å²) in [6.07, 6.45) is 5.10. The van der Waals surface area contributed by atoms with Crippen LogP contribution < -0.4 is 21.1 Å². The molecule has 190 valence electrons. The van der Waals surface area contributed by atoms with Gasteiger partial charge in [0.2, 0.25) is 5.95 Å². The molecule has 4 heterocycles. The van der Waals surface area contributed by atoms with Crippen molar-refractivity contribution in [3.63, 3.8) is 0 Å². The molecule has 1 aliphatic carbocycles. The van der Waals surface area contributed by atoms with E-state index in [2.05, 4.69) is 39.2 Å². The number of nitrogens with zero attached hydrogens (tertiary/aromatic N) is 6. The number of pyridine rings is 1. The smallest absolute Gasteiger partial charge is 0.278 e. The highest BCUT2D eigenvalue weighted by Crippen LogP contribution is 2.29. The largest absolute Gasteiger partial charge is 0.387 e. The first-order valence-corrected chi connectivity index (χ1v) is 12.7. The minimum absolute atomic E-state index is 0.220. The first-order chi connectivity index (χ1) is 18.1. The van der Waals surface area contributed by atoms with Crippen LogP contribution in [0.25, 0.3) is 16.9 Å². The van der Waals surface area contributed by atoms with Crippen LogP contribution in [0.1, 0.15) is 30.2 Å². The molecule has 1 aromatic carbocycles. The van der Waals surface area contributed by atoms with E-state index in [1.54, 1.807) is 21.6 Å². The molecule has 0 spiro atoms. The number of aromatic nitrogens is 5. The summed E-state index contributed by atoms with van der Waals surface area (Å²) in [6, 6.07) is 12.0. The maximum absolute atomic E-state index is 13.2. The summed E-state index contributed by atoms with van der Waals surface area (Å²) < 4.78 is 3.24. The van der Waals surface area contributed by atoms with Gasteiger partial charge in [-0.15, -0.1) is 6.58 Å². The standard InChI is InChI=1S/C27H30N8O2/c1-2-14-34-26(37)21-17-29-27(30-19-7-9-20(10-8-19)33-15-12-28-13-16-33)32-25(21)35(34)23-11-6-18-4-3-5-22(36)24(18)31-23/h2,6-11,17,22,28,36H,1,3-5,12-16H2,(H,29,30,32). The Kier molecular flexibility index (Phi) is 6.19. The van der Waals surface area contributed by atoms with Crippen LogP contribution in [0.4, 0.5) is 17.3 Å². The molecule has 6 rings (SSSR count). The summed E-state index contributed by atoms with van der Waals surface area (Å²) in [5, 5.41) is 17.6.